The van der Waals surface area contributed by atoms with Gasteiger partial charge in [0.1, 0.15) is 0 Å². The second-order valence-corrected chi connectivity index (χ2v) is 3.26. The molecule has 84 valence electrons. The zero-order valence-corrected chi connectivity index (χ0v) is 8.86. The third-order valence-corrected chi connectivity index (χ3v) is 1.89. The van der Waals surface area contributed by atoms with Crippen LogP contribution in [0.2, 0.25) is 0 Å². The van der Waals surface area contributed by atoms with Crippen molar-refractivity contribution in [1.82, 2.24) is 10.2 Å². The highest BCUT2D eigenvalue weighted by molar-refractivity contribution is 5.75. The summed E-state index contributed by atoms with van der Waals surface area (Å²) >= 11 is 0. The molecule has 0 fully saturated rings. The fourth-order valence-corrected chi connectivity index (χ4v) is 0.782. The molecular formula is C9H15N3O3. The Morgan fingerprint density at radius 1 is 1.60 bits per heavy atom. The van der Waals surface area contributed by atoms with Gasteiger partial charge >= 0.3 is 12.0 Å². The molecule has 0 aromatic heterocycles. The van der Waals surface area contributed by atoms with Gasteiger partial charge in [-0.15, -0.1) is 0 Å². The molecule has 0 saturated heterocycles. The van der Waals surface area contributed by atoms with Crippen LogP contribution in [0.1, 0.15) is 13.3 Å². The first-order valence-corrected chi connectivity index (χ1v) is 4.57. The summed E-state index contributed by atoms with van der Waals surface area (Å²) in [6, 6.07) is 1.56. The minimum absolute atomic E-state index is 0.0884. The minimum Gasteiger partial charge on any atom is -0.481 e. The van der Waals surface area contributed by atoms with Crippen molar-refractivity contribution in [3.63, 3.8) is 0 Å². The molecule has 1 unspecified atom stereocenters. The van der Waals surface area contributed by atoms with E-state index in [2.05, 4.69) is 5.32 Å². The molecule has 1 atom stereocenters. The average molecular weight is 213 g/mol. The fourth-order valence-electron chi connectivity index (χ4n) is 0.782. The zero-order chi connectivity index (χ0) is 11.8. The lowest BCUT2D eigenvalue weighted by Gasteiger charge is -2.17. The van der Waals surface area contributed by atoms with Crippen LogP contribution < -0.4 is 5.32 Å². The molecule has 6 heteroatoms. The number of carboxylic acids is 1. The molecule has 0 aliphatic heterocycles. The van der Waals surface area contributed by atoms with Crippen molar-refractivity contribution in [3.05, 3.63) is 0 Å². The predicted octanol–water partition coefficient (Wildman–Crippen LogP) is 0.262. The SMILES string of the molecule is CC(CNC(=O)N(C)CCC#N)C(=O)O. The molecule has 15 heavy (non-hydrogen) atoms. The number of amides is 2. The highest BCUT2D eigenvalue weighted by Gasteiger charge is 2.13. The Kier molecular flexibility index (Phi) is 5.86. The number of nitriles is 1. The lowest BCUT2D eigenvalue weighted by Crippen LogP contribution is -2.40. The second kappa shape index (κ2) is 6.65. The van der Waals surface area contributed by atoms with Crippen LogP contribution in [-0.2, 0) is 4.79 Å². The van der Waals surface area contributed by atoms with Crippen LogP contribution in [0, 0.1) is 17.2 Å². The molecular weight excluding hydrogens is 198 g/mol. The summed E-state index contributed by atoms with van der Waals surface area (Å²) in [7, 11) is 1.55. The summed E-state index contributed by atoms with van der Waals surface area (Å²) in [5.41, 5.74) is 0. The average Bonchev–Trinajstić information content (AvgIpc) is 2.21. The number of carbonyl (C=O) groups is 2. The van der Waals surface area contributed by atoms with Crippen LogP contribution in [0.15, 0.2) is 0 Å². The van der Waals surface area contributed by atoms with Gasteiger partial charge in [-0.3, -0.25) is 4.79 Å². The van der Waals surface area contributed by atoms with E-state index < -0.39 is 11.9 Å². The lowest BCUT2D eigenvalue weighted by molar-refractivity contribution is -0.140. The molecule has 0 bridgehead atoms. The number of carboxylic acid groups (broad SMARTS) is 1. The minimum atomic E-state index is -0.949. The Bertz CT molecular complexity index is 272. The van der Waals surface area contributed by atoms with Crippen molar-refractivity contribution in [2.24, 2.45) is 5.92 Å². The fraction of sp³-hybridized carbons (Fsp3) is 0.667. The van der Waals surface area contributed by atoms with E-state index in [0.29, 0.717) is 6.54 Å². The van der Waals surface area contributed by atoms with Gasteiger partial charge in [0.05, 0.1) is 18.4 Å². The van der Waals surface area contributed by atoms with Gasteiger partial charge < -0.3 is 15.3 Å². The standard InChI is InChI=1S/C9H15N3O3/c1-7(8(13)14)6-11-9(15)12(2)5-3-4-10/h7H,3,5-6H2,1-2H3,(H,11,15)(H,13,14). The number of hydrogen-bond donors (Lipinski definition) is 2. The molecule has 0 spiro atoms. The third kappa shape index (κ3) is 5.52. The van der Waals surface area contributed by atoms with Gasteiger partial charge in [0, 0.05) is 20.1 Å². The van der Waals surface area contributed by atoms with E-state index in [9.17, 15) is 9.59 Å². The first kappa shape index (κ1) is 13.2. The van der Waals surface area contributed by atoms with Gasteiger partial charge in [-0.05, 0) is 0 Å². The number of urea groups is 1. The summed E-state index contributed by atoms with van der Waals surface area (Å²) < 4.78 is 0. The molecule has 0 aromatic rings. The molecule has 0 heterocycles. The van der Waals surface area contributed by atoms with Crippen molar-refractivity contribution in [2.75, 3.05) is 20.1 Å². The van der Waals surface area contributed by atoms with Crippen molar-refractivity contribution < 1.29 is 14.7 Å². The number of aliphatic carboxylic acids is 1. The van der Waals surface area contributed by atoms with Crippen LogP contribution in [0.4, 0.5) is 4.79 Å². The van der Waals surface area contributed by atoms with Crippen molar-refractivity contribution in [2.45, 2.75) is 13.3 Å². The lowest BCUT2D eigenvalue weighted by atomic mass is 10.2. The Morgan fingerprint density at radius 2 is 2.20 bits per heavy atom. The van der Waals surface area contributed by atoms with Gasteiger partial charge in [0.25, 0.3) is 0 Å². The van der Waals surface area contributed by atoms with E-state index in [1.54, 1.807) is 7.05 Å². The van der Waals surface area contributed by atoms with Crippen LogP contribution in [0.25, 0.3) is 0 Å². The zero-order valence-electron chi connectivity index (χ0n) is 8.86. The summed E-state index contributed by atoms with van der Waals surface area (Å²) in [5, 5.41) is 19.3. The second-order valence-electron chi connectivity index (χ2n) is 3.26. The molecule has 6 nitrogen and oxygen atoms in total. The number of rotatable bonds is 5. The topological polar surface area (TPSA) is 93.4 Å². The molecule has 0 rings (SSSR count). The highest BCUT2D eigenvalue weighted by Crippen LogP contribution is 1.93. The van der Waals surface area contributed by atoms with E-state index in [4.69, 9.17) is 10.4 Å². The normalized spacial score (nSPS) is 11.3. The van der Waals surface area contributed by atoms with Crippen LogP contribution in [0.3, 0.4) is 0 Å². The number of hydrogen-bond acceptors (Lipinski definition) is 3. The summed E-state index contributed by atoms with van der Waals surface area (Å²) in [6.45, 7) is 1.94. The maximum Gasteiger partial charge on any atom is 0.317 e. The van der Waals surface area contributed by atoms with E-state index in [1.807, 2.05) is 6.07 Å². The van der Waals surface area contributed by atoms with E-state index >= 15 is 0 Å². The van der Waals surface area contributed by atoms with Gasteiger partial charge in [0.2, 0.25) is 0 Å². The number of nitrogens with one attached hydrogen (secondary N) is 1. The monoisotopic (exact) mass is 213 g/mol. The van der Waals surface area contributed by atoms with E-state index in [1.165, 1.54) is 11.8 Å². The molecule has 0 aliphatic carbocycles. The van der Waals surface area contributed by atoms with Crippen molar-refractivity contribution in [3.8, 4) is 6.07 Å². The Labute approximate surface area is 88.5 Å². The summed E-state index contributed by atoms with van der Waals surface area (Å²) in [4.78, 5) is 23.1. The van der Waals surface area contributed by atoms with Gasteiger partial charge in [-0.1, -0.05) is 6.92 Å². The van der Waals surface area contributed by atoms with Crippen molar-refractivity contribution in [1.29, 1.82) is 5.26 Å². The number of nitrogens with zero attached hydrogens (tertiary/aromatic N) is 2. The largest absolute Gasteiger partial charge is 0.481 e. The quantitative estimate of drug-likeness (QED) is 0.685. The van der Waals surface area contributed by atoms with Crippen LogP contribution in [-0.4, -0.2) is 42.1 Å². The smallest absolute Gasteiger partial charge is 0.317 e. The van der Waals surface area contributed by atoms with E-state index in [0.717, 1.165) is 0 Å². The molecule has 2 amide bonds. The molecule has 0 aromatic carbocycles. The third-order valence-electron chi connectivity index (χ3n) is 1.89. The van der Waals surface area contributed by atoms with Gasteiger partial charge in [0.15, 0.2) is 0 Å². The number of carbonyl (C=O) groups excluding carboxylic acids is 1. The Balaban J connectivity index is 3.83. The molecule has 0 aliphatic rings. The predicted molar refractivity (Wildman–Crippen MR) is 53.1 cm³/mol. The van der Waals surface area contributed by atoms with E-state index in [-0.39, 0.29) is 19.0 Å². The van der Waals surface area contributed by atoms with Crippen molar-refractivity contribution >= 4 is 12.0 Å². The molecule has 2 N–H and O–H groups in total. The van der Waals surface area contributed by atoms with Gasteiger partial charge in [-0.2, -0.15) is 5.26 Å². The Hall–Kier alpha value is -1.77. The van der Waals surface area contributed by atoms with Crippen LogP contribution in [0.5, 0.6) is 0 Å². The maximum absolute atomic E-state index is 11.3. The highest BCUT2D eigenvalue weighted by atomic mass is 16.4. The summed E-state index contributed by atoms with van der Waals surface area (Å²) in [5.74, 6) is -1.56. The maximum atomic E-state index is 11.3. The first-order valence-electron chi connectivity index (χ1n) is 4.57. The Morgan fingerprint density at radius 3 is 2.67 bits per heavy atom. The van der Waals surface area contributed by atoms with Gasteiger partial charge in [-0.25, -0.2) is 4.79 Å². The molecule has 0 saturated carbocycles. The summed E-state index contributed by atoms with van der Waals surface area (Å²) in [6.07, 6.45) is 0.262. The molecule has 0 radical (unpaired) electrons. The van der Waals surface area contributed by atoms with Crippen LogP contribution >= 0.6 is 0 Å². The first-order chi connectivity index (χ1) is 6.99.